The minimum Gasteiger partial charge on any atom is -0.307 e. The van der Waals surface area contributed by atoms with Crippen LogP contribution in [0.4, 0.5) is 0 Å². The molecule has 1 aliphatic rings. The van der Waals surface area contributed by atoms with Crippen molar-refractivity contribution in [3.8, 4) is 0 Å². The summed E-state index contributed by atoms with van der Waals surface area (Å²) >= 11 is 0. The zero-order valence-corrected chi connectivity index (χ0v) is 10.4. The van der Waals surface area contributed by atoms with Crippen LogP contribution in [0.1, 0.15) is 29.6 Å². The summed E-state index contributed by atoms with van der Waals surface area (Å²) in [6, 6.07) is 14.1. The van der Waals surface area contributed by atoms with Crippen molar-refractivity contribution in [2.75, 3.05) is 6.54 Å². The van der Waals surface area contributed by atoms with Crippen LogP contribution in [0.3, 0.4) is 0 Å². The monoisotopic (exact) mass is 239 g/mol. The molecule has 1 fully saturated rings. The smallest absolute Gasteiger partial charge is 0.180 e. The summed E-state index contributed by atoms with van der Waals surface area (Å²) in [5.74, 6) is 0.242. The first-order valence-electron chi connectivity index (χ1n) is 6.61. The fourth-order valence-electron chi connectivity index (χ4n) is 2.70. The maximum absolute atomic E-state index is 12.6. The second-order valence-corrected chi connectivity index (χ2v) is 4.89. The van der Waals surface area contributed by atoms with Gasteiger partial charge in [-0.3, -0.25) is 4.79 Å². The lowest BCUT2D eigenvalue weighted by Crippen LogP contribution is -2.40. The fourth-order valence-corrected chi connectivity index (χ4v) is 2.70. The Kier molecular flexibility index (Phi) is 3.11. The second kappa shape index (κ2) is 4.91. The van der Waals surface area contributed by atoms with E-state index in [9.17, 15) is 4.79 Å². The van der Waals surface area contributed by atoms with Crippen molar-refractivity contribution < 1.29 is 4.79 Å². The molecule has 2 heteroatoms. The van der Waals surface area contributed by atoms with E-state index >= 15 is 0 Å². The van der Waals surface area contributed by atoms with E-state index in [0.29, 0.717) is 0 Å². The summed E-state index contributed by atoms with van der Waals surface area (Å²) in [5.41, 5.74) is 0.854. The zero-order valence-electron chi connectivity index (χ0n) is 10.4. The Hall–Kier alpha value is -1.67. The maximum atomic E-state index is 12.6. The summed E-state index contributed by atoms with van der Waals surface area (Å²) in [7, 11) is 0. The molecular formula is C16H17NO. The summed E-state index contributed by atoms with van der Waals surface area (Å²) in [4.78, 5) is 12.6. The lowest BCUT2D eigenvalue weighted by atomic mass is 9.93. The van der Waals surface area contributed by atoms with E-state index in [0.717, 1.165) is 35.7 Å². The Labute approximate surface area is 107 Å². The summed E-state index contributed by atoms with van der Waals surface area (Å²) < 4.78 is 0. The van der Waals surface area contributed by atoms with Crippen LogP contribution in [-0.4, -0.2) is 18.4 Å². The van der Waals surface area contributed by atoms with Gasteiger partial charge in [-0.15, -0.1) is 0 Å². The molecule has 3 rings (SSSR count). The SMILES string of the molecule is O=C(c1cccc2ccccc12)C1CCCCN1. The van der Waals surface area contributed by atoms with E-state index in [-0.39, 0.29) is 11.8 Å². The van der Waals surface area contributed by atoms with Gasteiger partial charge in [0, 0.05) is 5.56 Å². The lowest BCUT2D eigenvalue weighted by molar-refractivity contribution is 0.0929. The van der Waals surface area contributed by atoms with Gasteiger partial charge in [0.05, 0.1) is 6.04 Å². The average Bonchev–Trinajstić information content (AvgIpc) is 2.47. The predicted octanol–water partition coefficient (Wildman–Crippen LogP) is 3.16. The van der Waals surface area contributed by atoms with Crippen molar-refractivity contribution in [3.63, 3.8) is 0 Å². The van der Waals surface area contributed by atoms with Crippen molar-refractivity contribution in [1.82, 2.24) is 5.32 Å². The van der Waals surface area contributed by atoms with E-state index in [2.05, 4.69) is 17.4 Å². The van der Waals surface area contributed by atoms with Crippen LogP contribution in [0.2, 0.25) is 0 Å². The van der Waals surface area contributed by atoms with Crippen LogP contribution >= 0.6 is 0 Å². The molecule has 2 aromatic carbocycles. The van der Waals surface area contributed by atoms with Gasteiger partial charge in [-0.1, -0.05) is 48.9 Å². The third kappa shape index (κ3) is 2.04. The fraction of sp³-hybridized carbons (Fsp3) is 0.312. The molecule has 2 nitrogen and oxygen atoms in total. The summed E-state index contributed by atoms with van der Waals surface area (Å²) in [5, 5.41) is 5.54. The second-order valence-electron chi connectivity index (χ2n) is 4.89. The zero-order chi connectivity index (χ0) is 12.4. The molecule has 0 radical (unpaired) electrons. The van der Waals surface area contributed by atoms with Gasteiger partial charge in [0.15, 0.2) is 5.78 Å². The van der Waals surface area contributed by atoms with Crippen LogP contribution < -0.4 is 5.32 Å². The molecule has 1 aliphatic heterocycles. The number of nitrogens with one attached hydrogen (secondary N) is 1. The molecule has 0 amide bonds. The van der Waals surface area contributed by atoms with E-state index in [1.54, 1.807) is 0 Å². The number of rotatable bonds is 2. The first kappa shape index (κ1) is 11.4. The summed E-state index contributed by atoms with van der Waals surface area (Å²) in [6.45, 7) is 0.959. The number of ketones is 1. The Morgan fingerprint density at radius 2 is 1.89 bits per heavy atom. The van der Waals surface area contributed by atoms with Crippen molar-refractivity contribution in [2.45, 2.75) is 25.3 Å². The van der Waals surface area contributed by atoms with Gasteiger partial charge >= 0.3 is 0 Å². The van der Waals surface area contributed by atoms with E-state index in [4.69, 9.17) is 0 Å². The maximum Gasteiger partial charge on any atom is 0.180 e. The molecule has 1 N–H and O–H groups in total. The molecule has 18 heavy (non-hydrogen) atoms. The van der Waals surface area contributed by atoms with Gasteiger partial charge < -0.3 is 5.32 Å². The lowest BCUT2D eigenvalue weighted by Gasteiger charge is -2.22. The number of carbonyl (C=O) groups is 1. The van der Waals surface area contributed by atoms with E-state index in [1.165, 1.54) is 6.42 Å². The van der Waals surface area contributed by atoms with Crippen molar-refractivity contribution >= 4 is 16.6 Å². The molecule has 0 aromatic heterocycles. The van der Waals surface area contributed by atoms with Gasteiger partial charge in [0.25, 0.3) is 0 Å². The Morgan fingerprint density at radius 1 is 1.06 bits per heavy atom. The molecule has 1 unspecified atom stereocenters. The third-order valence-electron chi connectivity index (χ3n) is 3.68. The number of hydrogen-bond acceptors (Lipinski definition) is 2. The van der Waals surface area contributed by atoms with Gasteiger partial charge in [-0.25, -0.2) is 0 Å². The molecule has 0 saturated carbocycles. The number of benzene rings is 2. The number of fused-ring (bicyclic) bond motifs is 1. The standard InChI is InChI=1S/C16H17NO/c18-16(15-10-3-4-11-17-15)14-9-5-7-12-6-1-2-8-13(12)14/h1-2,5-9,15,17H,3-4,10-11H2. The Balaban J connectivity index is 2.00. The molecule has 0 aliphatic carbocycles. The van der Waals surface area contributed by atoms with Gasteiger partial charge in [-0.05, 0) is 30.2 Å². The molecule has 0 bridgehead atoms. The predicted molar refractivity (Wildman–Crippen MR) is 73.9 cm³/mol. The van der Waals surface area contributed by atoms with Crippen LogP contribution in [-0.2, 0) is 0 Å². The van der Waals surface area contributed by atoms with Crippen LogP contribution in [0.5, 0.6) is 0 Å². The molecule has 1 atom stereocenters. The molecule has 2 aromatic rings. The number of piperidine rings is 1. The van der Waals surface area contributed by atoms with Crippen LogP contribution in [0.25, 0.3) is 10.8 Å². The highest BCUT2D eigenvalue weighted by Gasteiger charge is 2.22. The molecule has 1 saturated heterocycles. The first-order valence-corrected chi connectivity index (χ1v) is 6.61. The minimum atomic E-state index is 0.00422. The minimum absolute atomic E-state index is 0.00422. The largest absolute Gasteiger partial charge is 0.307 e. The van der Waals surface area contributed by atoms with Crippen LogP contribution in [0, 0.1) is 0 Å². The van der Waals surface area contributed by atoms with Crippen LogP contribution in [0.15, 0.2) is 42.5 Å². The highest BCUT2D eigenvalue weighted by Crippen LogP contribution is 2.21. The van der Waals surface area contributed by atoms with Crippen molar-refractivity contribution in [2.24, 2.45) is 0 Å². The summed E-state index contributed by atoms with van der Waals surface area (Å²) in [6.07, 6.45) is 3.29. The van der Waals surface area contributed by atoms with Gasteiger partial charge in [0.2, 0.25) is 0 Å². The first-order chi connectivity index (χ1) is 8.86. The number of carbonyl (C=O) groups excluding carboxylic acids is 1. The number of hydrogen-bond donors (Lipinski definition) is 1. The van der Waals surface area contributed by atoms with Crippen molar-refractivity contribution in [1.29, 1.82) is 0 Å². The average molecular weight is 239 g/mol. The van der Waals surface area contributed by atoms with Gasteiger partial charge in [0.1, 0.15) is 0 Å². The van der Waals surface area contributed by atoms with Crippen molar-refractivity contribution in [3.05, 3.63) is 48.0 Å². The molecular weight excluding hydrogens is 222 g/mol. The highest BCUT2D eigenvalue weighted by atomic mass is 16.1. The van der Waals surface area contributed by atoms with E-state index in [1.807, 2.05) is 30.3 Å². The number of Topliss-reactive ketones (excluding diaryl/α,β-unsaturated/α-hetero) is 1. The topological polar surface area (TPSA) is 29.1 Å². The van der Waals surface area contributed by atoms with E-state index < -0.39 is 0 Å². The molecule has 1 heterocycles. The Bertz CT molecular complexity index is 565. The Morgan fingerprint density at radius 3 is 2.72 bits per heavy atom. The normalized spacial score (nSPS) is 19.9. The quantitative estimate of drug-likeness (QED) is 0.816. The highest BCUT2D eigenvalue weighted by molar-refractivity contribution is 6.10. The molecule has 92 valence electrons. The van der Waals surface area contributed by atoms with Gasteiger partial charge in [-0.2, -0.15) is 0 Å². The third-order valence-corrected chi connectivity index (χ3v) is 3.68. The molecule has 0 spiro atoms.